The molecule has 0 saturated heterocycles. The number of urea groups is 1. The number of carbonyl (C=O) groups is 2. The van der Waals surface area contributed by atoms with Gasteiger partial charge >= 0.3 is 40.8 Å². The predicted octanol–water partition coefficient (Wildman–Crippen LogP) is -7.64. The third kappa shape index (κ3) is 13.5. The Labute approximate surface area is 129 Å². The fraction of sp³-hybridized carbons (Fsp3) is 0.250. The third-order valence-electron chi connectivity index (χ3n) is 1.00. The zero-order valence-electron chi connectivity index (χ0n) is 8.65. The average Bonchev–Trinajstić information content (AvgIpc) is 2.09. The molecule has 0 spiro atoms. The molecule has 0 aromatic heterocycles. The van der Waals surface area contributed by atoms with Gasteiger partial charge in [0.1, 0.15) is 0 Å². The summed E-state index contributed by atoms with van der Waals surface area (Å²) in [5.74, 6) is -0.672. The standard InChI is InChI=1S/C4H6N4O3.2Al.ClH.4H2O/c5-3(10)6-1-2(9)8-4(11)7-1;;;;;;;/h1H,(H3,5,6,10)(H2,7,8,9,11);;;1H;4*1H2/q;2*+3;;;;;/p-6. The van der Waals surface area contributed by atoms with Gasteiger partial charge < -0.3 is 55.8 Å². The van der Waals surface area contributed by atoms with Gasteiger partial charge in [-0.2, -0.15) is 0 Å². The molecule has 18 heavy (non-hydrogen) atoms. The van der Waals surface area contributed by atoms with Gasteiger partial charge in [0.25, 0.3) is 5.91 Å². The van der Waals surface area contributed by atoms with Crippen molar-refractivity contribution in [2.24, 2.45) is 10.7 Å². The quantitative estimate of drug-likeness (QED) is 0.394. The molecule has 1 unspecified atom stereocenters. The van der Waals surface area contributed by atoms with E-state index in [1.165, 1.54) is 0 Å². The Bertz CT molecular complexity index is 256. The van der Waals surface area contributed by atoms with Crippen LogP contribution in [0.5, 0.6) is 0 Å². The summed E-state index contributed by atoms with van der Waals surface area (Å²) in [4.78, 5) is 24.0. The molecule has 0 aliphatic carbocycles. The van der Waals surface area contributed by atoms with Crippen molar-refractivity contribution in [3.05, 3.63) is 0 Å². The molecule has 1 heterocycles. The van der Waals surface area contributed by atoms with Crippen LogP contribution in [-0.2, 0) is 4.79 Å². The molecular weight excluding hydrogens is 305 g/mol. The van der Waals surface area contributed by atoms with E-state index in [0.29, 0.717) is 0 Å². The first-order valence-electron chi connectivity index (χ1n) is 2.71. The Balaban J connectivity index is -0.0000000346. The van der Waals surface area contributed by atoms with E-state index in [4.69, 9.17) is 0 Å². The van der Waals surface area contributed by atoms with Gasteiger partial charge in [-0.25, -0.2) is 9.79 Å². The van der Waals surface area contributed by atoms with Crippen molar-refractivity contribution in [3.63, 3.8) is 0 Å². The molecule has 0 radical (unpaired) electrons. The number of amidine groups is 1. The molecular formula is C4H9Al2ClN4O7. The van der Waals surface area contributed by atoms with Crippen molar-refractivity contribution in [3.8, 4) is 0 Å². The molecule has 14 heteroatoms. The Morgan fingerprint density at radius 2 is 1.67 bits per heavy atom. The Kier molecular flexibility index (Phi) is 45.1. The fourth-order valence-corrected chi connectivity index (χ4v) is 0.614. The molecule has 11 nitrogen and oxygen atoms in total. The van der Waals surface area contributed by atoms with Crippen molar-refractivity contribution in [1.29, 1.82) is 0 Å². The number of amides is 3. The van der Waals surface area contributed by atoms with Crippen LogP contribution >= 0.6 is 0 Å². The van der Waals surface area contributed by atoms with Gasteiger partial charge in [0.05, 0.1) is 6.02 Å². The van der Waals surface area contributed by atoms with Crippen molar-refractivity contribution in [2.45, 2.75) is 6.17 Å². The molecule has 0 fully saturated rings. The van der Waals surface area contributed by atoms with Gasteiger partial charge in [-0.1, -0.05) is 0 Å². The number of carbonyl (C=O) groups excluding carboxylic acids is 2. The molecule has 0 aromatic carbocycles. The molecule has 0 aromatic rings. The van der Waals surface area contributed by atoms with Gasteiger partial charge in [0.2, 0.25) is 6.17 Å². The van der Waals surface area contributed by atoms with E-state index in [2.05, 4.69) is 10.7 Å². The van der Waals surface area contributed by atoms with Crippen LogP contribution < -0.4 is 33.9 Å². The van der Waals surface area contributed by atoms with Crippen LogP contribution in [-0.4, -0.2) is 80.8 Å². The summed E-state index contributed by atoms with van der Waals surface area (Å²) in [5.41, 5.74) is 4.68. The first-order chi connectivity index (χ1) is 5.09. The summed E-state index contributed by atoms with van der Waals surface area (Å²) in [6.07, 6.45) is -1.17. The zero-order chi connectivity index (χ0) is 8.43. The third-order valence-corrected chi connectivity index (χ3v) is 1.00. The van der Waals surface area contributed by atoms with Crippen LogP contribution in [0.3, 0.4) is 0 Å². The number of primary amides is 1. The second-order valence-corrected chi connectivity index (χ2v) is 1.83. The minimum Gasteiger partial charge on any atom is -1.00 e. The minimum atomic E-state index is -1.17. The normalized spacial score (nSPS) is 13.7. The second-order valence-electron chi connectivity index (χ2n) is 1.83. The zero-order valence-corrected chi connectivity index (χ0v) is 11.7. The van der Waals surface area contributed by atoms with Gasteiger partial charge in [0, 0.05) is 0 Å². The number of hydrogen-bond donors (Lipinski definition) is 3. The van der Waals surface area contributed by atoms with Crippen LogP contribution in [0.1, 0.15) is 0 Å². The van der Waals surface area contributed by atoms with E-state index >= 15 is 0 Å². The SMILES string of the molecule is NC(=O)NC1N=C([O-])NC1=O.[Al+3].[Al+3].[Cl-].[OH-].[OH-].[OH-].[OH-]. The van der Waals surface area contributed by atoms with E-state index in [0.717, 1.165) is 0 Å². The molecule has 1 rings (SSSR count). The number of aliphatic imine (C=N–C) groups is 1. The monoisotopic (exact) mass is 314 g/mol. The summed E-state index contributed by atoms with van der Waals surface area (Å²) in [6, 6.07) is -1.67. The van der Waals surface area contributed by atoms with Crippen molar-refractivity contribution < 1.29 is 49.0 Å². The maximum Gasteiger partial charge on any atom is 3.00 e. The van der Waals surface area contributed by atoms with Crippen LogP contribution in [0.25, 0.3) is 0 Å². The van der Waals surface area contributed by atoms with E-state index in [1.807, 2.05) is 10.6 Å². The first-order valence-corrected chi connectivity index (χ1v) is 2.71. The number of hydrogen-bond acceptors (Lipinski definition) is 8. The largest absolute Gasteiger partial charge is 3.00 e. The molecule has 8 N–H and O–H groups in total. The van der Waals surface area contributed by atoms with E-state index < -0.39 is 24.1 Å². The van der Waals surface area contributed by atoms with Gasteiger partial charge in [0.15, 0.2) is 0 Å². The van der Waals surface area contributed by atoms with Gasteiger partial charge in [-0.3, -0.25) is 4.79 Å². The number of nitrogens with two attached hydrogens (primary N) is 1. The topological polar surface area (TPSA) is 240 Å². The summed E-state index contributed by atoms with van der Waals surface area (Å²) in [5, 5.41) is 14.2. The molecule has 0 bridgehead atoms. The van der Waals surface area contributed by atoms with Gasteiger partial charge in [-0.15, -0.1) is 0 Å². The number of rotatable bonds is 1. The summed E-state index contributed by atoms with van der Waals surface area (Å²) < 4.78 is 0. The number of nitrogens with one attached hydrogen (secondary N) is 2. The predicted molar refractivity (Wildman–Crippen MR) is 51.3 cm³/mol. The van der Waals surface area contributed by atoms with Crippen LogP contribution in [0, 0.1) is 0 Å². The molecule has 0 saturated carbocycles. The second kappa shape index (κ2) is 18.8. The maximum absolute atomic E-state index is 10.6. The van der Waals surface area contributed by atoms with Crippen LogP contribution in [0.4, 0.5) is 4.79 Å². The average molecular weight is 315 g/mol. The maximum atomic E-state index is 10.6. The van der Waals surface area contributed by atoms with Crippen LogP contribution in [0.15, 0.2) is 4.99 Å². The summed E-state index contributed by atoms with van der Waals surface area (Å²) in [6.45, 7) is 0. The summed E-state index contributed by atoms with van der Waals surface area (Å²) >= 11 is 0. The van der Waals surface area contributed by atoms with Crippen molar-refractivity contribution >= 4 is 52.7 Å². The van der Waals surface area contributed by atoms with E-state index in [1.54, 1.807) is 0 Å². The Morgan fingerprint density at radius 1 is 1.28 bits per heavy atom. The minimum absolute atomic E-state index is 0. The Hall–Kier alpha value is -0.595. The Morgan fingerprint density at radius 3 is 1.89 bits per heavy atom. The van der Waals surface area contributed by atoms with Crippen molar-refractivity contribution in [1.82, 2.24) is 10.6 Å². The number of halogens is 1. The fourth-order valence-electron chi connectivity index (χ4n) is 0.614. The summed E-state index contributed by atoms with van der Waals surface area (Å²) in [7, 11) is 0. The van der Waals surface area contributed by atoms with E-state index in [-0.39, 0.29) is 69.0 Å². The number of nitrogens with zero attached hydrogens (tertiary/aromatic N) is 1. The first kappa shape index (κ1) is 43.3. The van der Waals surface area contributed by atoms with Gasteiger partial charge in [-0.05, 0) is 0 Å². The van der Waals surface area contributed by atoms with E-state index in [9.17, 15) is 14.7 Å². The molecule has 1 aliphatic heterocycles. The molecule has 100 valence electrons. The molecule has 3 amide bonds. The molecule has 1 atom stereocenters. The molecule has 1 aliphatic rings. The van der Waals surface area contributed by atoms with Crippen molar-refractivity contribution in [2.75, 3.05) is 0 Å². The smallest absolute Gasteiger partial charge is 1.00 e. The van der Waals surface area contributed by atoms with Crippen LogP contribution in [0.2, 0.25) is 0 Å².